The predicted octanol–water partition coefficient (Wildman–Crippen LogP) is 3.00. The molecule has 3 N–H and O–H groups in total. The Labute approximate surface area is 122 Å². The molecule has 0 fully saturated rings. The molecule has 0 saturated heterocycles. The topological polar surface area (TPSA) is 78.4 Å². The minimum atomic E-state index is -1.01. The highest BCUT2D eigenvalue weighted by Gasteiger charge is 2.32. The van der Waals surface area contributed by atoms with Gasteiger partial charge in [0.05, 0.1) is 0 Å². The van der Waals surface area contributed by atoms with Crippen LogP contribution in [0.15, 0.2) is 0 Å². The minimum absolute atomic E-state index is 0.0446. The van der Waals surface area contributed by atoms with Gasteiger partial charge in [-0.3, -0.25) is 0 Å². The van der Waals surface area contributed by atoms with Crippen molar-refractivity contribution in [2.75, 3.05) is 0 Å². The third kappa shape index (κ3) is 8.02. The van der Waals surface area contributed by atoms with E-state index in [1.54, 1.807) is 20.8 Å². The molecule has 0 aliphatic rings. The molecule has 0 aromatic carbocycles. The van der Waals surface area contributed by atoms with Gasteiger partial charge in [0, 0.05) is 6.04 Å². The Balaban J connectivity index is 4.23. The van der Waals surface area contributed by atoms with Gasteiger partial charge in [-0.25, -0.2) is 9.59 Å². The fourth-order valence-electron chi connectivity index (χ4n) is 1.95. The van der Waals surface area contributed by atoms with Crippen LogP contribution in [-0.2, 0) is 4.79 Å². The van der Waals surface area contributed by atoms with E-state index in [4.69, 9.17) is 5.11 Å². The maximum absolute atomic E-state index is 11.8. The first-order valence-electron chi connectivity index (χ1n) is 7.34. The van der Waals surface area contributed by atoms with Gasteiger partial charge in [-0.2, -0.15) is 0 Å². The van der Waals surface area contributed by atoms with Crippen LogP contribution in [0.25, 0.3) is 0 Å². The number of rotatable bonds is 7. The summed E-state index contributed by atoms with van der Waals surface area (Å²) in [5.74, 6) is -0.353. The average molecular weight is 286 g/mol. The highest BCUT2D eigenvalue weighted by atomic mass is 16.4. The van der Waals surface area contributed by atoms with E-state index in [2.05, 4.69) is 24.5 Å². The van der Waals surface area contributed by atoms with Crippen molar-refractivity contribution in [2.45, 2.75) is 72.9 Å². The molecule has 0 spiro atoms. The molecule has 118 valence electrons. The SMILES string of the molecule is CC(C)CCCC(C)NC(=O)N[C@@H](C(=O)O)C(C)(C)C. The Bertz CT molecular complexity index is 322. The molecule has 2 atom stereocenters. The summed E-state index contributed by atoms with van der Waals surface area (Å²) in [5, 5.41) is 14.5. The van der Waals surface area contributed by atoms with E-state index in [9.17, 15) is 9.59 Å². The standard InChI is InChI=1S/C15H30N2O3/c1-10(2)8-7-9-11(3)16-14(20)17-12(13(18)19)15(4,5)6/h10-12H,7-9H2,1-6H3,(H,18,19)(H2,16,17,20)/t11?,12-/m0/s1. The van der Waals surface area contributed by atoms with E-state index in [0.29, 0.717) is 5.92 Å². The molecule has 0 aromatic rings. The largest absolute Gasteiger partial charge is 0.480 e. The molecule has 0 heterocycles. The fraction of sp³-hybridized carbons (Fsp3) is 0.867. The van der Waals surface area contributed by atoms with E-state index < -0.39 is 23.5 Å². The van der Waals surface area contributed by atoms with Gasteiger partial charge in [0.15, 0.2) is 0 Å². The Morgan fingerprint density at radius 1 is 1.05 bits per heavy atom. The summed E-state index contributed by atoms with van der Waals surface area (Å²) in [6.07, 6.45) is 3.09. The summed E-state index contributed by atoms with van der Waals surface area (Å²) >= 11 is 0. The molecule has 5 heteroatoms. The molecule has 1 unspecified atom stereocenters. The van der Waals surface area contributed by atoms with Crippen molar-refractivity contribution < 1.29 is 14.7 Å². The predicted molar refractivity (Wildman–Crippen MR) is 80.7 cm³/mol. The number of carbonyl (C=O) groups excluding carboxylic acids is 1. The molecular formula is C15H30N2O3. The van der Waals surface area contributed by atoms with Gasteiger partial charge in [0.1, 0.15) is 6.04 Å². The van der Waals surface area contributed by atoms with Crippen molar-refractivity contribution in [3.63, 3.8) is 0 Å². The lowest BCUT2D eigenvalue weighted by atomic mass is 9.87. The lowest BCUT2D eigenvalue weighted by Gasteiger charge is -2.28. The number of amides is 2. The second-order valence-corrected chi connectivity index (χ2v) is 6.98. The van der Waals surface area contributed by atoms with Crippen molar-refractivity contribution in [3.8, 4) is 0 Å². The van der Waals surface area contributed by atoms with Gasteiger partial charge < -0.3 is 15.7 Å². The number of hydrogen-bond donors (Lipinski definition) is 3. The highest BCUT2D eigenvalue weighted by molar-refractivity contribution is 5.83. The second kappa shape index (κ2) is 8.12. The molecular weight excluding hydrogens is 256 g/mol. The van der Waals surface area contributed by atoms with Crippen LogP contribution in [0.5, 0.6) is 0 Å². The highest BCUT2D eigenvalue weighted by Crippen LogP contribution is 2.19. The third-order valence-corrected chi connectivity index (χ3v) is 3.18. The average Bonchev–Trinajstić information content (AvgIpc) is 2.23. The maximum Gasteiger partial charge on any atom is 0.326 e. The maximum atomic E-state index is 11.8. The summed E-state index contributed by atoms with van der Waals surface area (Å²) in [4.78, 5) is 23.0. The number of carbonyl (C=O) groups is 2. The van der Waals surface area contributed by atoms with Crippen LogP contribution < -0.4 is 10.6 Å². The number of hydrogen-bond acceptors (Lipinski definition) is 2. The summed E-state index contributed by atoms with van der Waals surface area (Å²) < 4.78 is 0. The molecule has 0 aliphatic heterocycles. The van der Waals surface area contributed by atoms with E-state index in [0.717, 1.165) is 19.3 Å². The quantitative estimate of drug-likeness (QED) is 0.673. The Morgan fingerprint density at radius 3 is 2.00 bits per heavy atom. The Morgan fingerprint density at radius 2 is 1.60 bits per heavy atom. The minimum Gasteiger partial charge on any atom is -0.480 e. The number of carboxylic acids is 1. The van der Waals surface area contributed by atoms with Gasteiger partial charge in [0.25, 0.3) is 0 Å². The second-order valence-electron chi connectivity index (χ2n) is 6.98. The summed E-state index contributed by atoms with van der Waals surface area (Å²) in [5.41, 5.74) is -0.524. The summed E-state index contributed by atoms with van der Waals surface area (Å²) in [6, 6.07) is -1.27. The fourth-order valence-corrected chi connectivity index (χ4v) is 1.95. The van der Waals surface area contributed by atoms with Crippen molar-refractivity contribution >= 4 is 12.0 Å². The van der Waals surface area contributed by atoms with Gasteiger partial charge in [-0.05, 0) is 24.7 Å². The number of nitrogens with one attached hydrogen (secondary N) is 2. The summed E-state index contributed by atoms with van der Waals surface area (Å²) in [7, 11) is 0. The van der Waals surface area contributed by atoms with E-state index in [-0.39, 0.29) is 6.04 Å². The monoisotopic (exact) mass is 286 g/mol. The number of carboxylic acid groups (broad SMARTS) is 1. The zero-order valence-electron chi connectivity index (χ0n) is 13.6. The molecule has 0 aromatic heterocycles. The van der Waals surface area contributed by atoms with Gasteiger partial charge in [-0.15, -0.1) is 0 Å². The summed E-state index contributed by atoms with van der Waals surface area (Å²) in [6.45, 7) is 11.7. The van der Waals surface area contributed by atoms with Crippen LogP contribution in [0.3, 0.4) is 0 Å². The molecule has 5 nitrogen and oxygen atoms in total. The van der Waals surface area contributed by atoms with Crippen molar-refractivity contribution in [1.29, 1.82) is 0 Å². The third-order valence-electron chi connectivity index (χ3n) is 3.18. The molecule has 0 bridgehead atoms. The Kier molecular flexibility index (Phi) is 7.61. The first-order valence-corrected chi connectivity index (χ1v) is 7.34. The molecule has 0 saturated carbocycles. The number of aliphatic carboxylic acids is 1. The first kappa shape index (κ1) is 18.7. The smallest absolute Gasteiger partial charge is 0.326 e. The first-order chi connectivity index (χ1) is 9.04. The van der Waals surface area contributed by atoms with Gasteiger partial charge in [-0.1, -0.05) is 47.5 Å². The van der Waals surface area contributed by atoms with Crippen molar-refractivity contribution in [2.24, 2.45) is 11.3 Å². The van der Waals surface area contributed by atoms with Crippen molar-refractivity contribution in [1.82, 2.24) is 10.6 Å². The zero-order chi connectivity index (χ0) is 15.9. The molecule has 0 rings (SSSR count). The van der Waals surface area contributed by atoms with Crippen LogP contribution in [0.1, 0.15) is 60.8 Å². The molecule has 20 heavy (non-hydrogen) atoms. The van der Waals surface area contributed by atoms with E-state index >= 15 is 0 Å². The number of urea groups is 1. The lowest BCUT2D eigenvalue weighted by molar-refractivity contribution is -0.141. The van der Waals surface area contributed by atoms with Crippen LogP contribution in [0.2, 0.25) is 0 Å². The van der Waals surface area contributed by atoms with E-state index in [1.165, 1.54) is 0 Å². The molecule has 0 radical (unpaired) electrons. The van der Waals surface area contributed by atoms with E-state index in [1.807, 2.05) is 6.92 Å². The van der Waals surface area contributed by atoms with Crippen LogP contribution in [0.4, 0.5) is 4.79 Å². The molecule has 0 aliphatic carbocycles. The normalized spacial score (nSPS) is 14.8. The van der Waals surface area contributed by atoms with Crippen LogP contribution in [0, 0.1) is 11.3 Å². The zero-order valence-corrected chi connectivity index (χ0v) is 13.6. The Hall–Kier alpha value is -1.26. The van der Waals surface area contributed by atoms with Crippen LogP contribution >= 0.6 is 0 Å². The molecule has 2 amide bonds. The van der Waals surface area contributed by atoms with Crippen LogP contribution in [-0.4, -0.2) is 29.2 Å². The van der Waals surface area contributed by atoms with Gasteiger partial charge >= 0.3 is 12.0 Å². The van der Waals surface area contributed by atoms with Gasteiger partial charge in [0.2, 0.25) is 0 Å². The van der Waals surface area contributed by atoms with Crippen molar-refractivity contribution in [3.05, 3.63) is 0 Å². The lowest BCUT2D eigenvalue weighted by Crippen LogP contribution is -2.53.